The number of nitrogens with one attached hydrogen (secondary N) is 2. The van der Waals surface area contributed by atoms with Gasteiger partial charge in [-0.1, -0.05) is 19.8 Å². The quantitative estimate of drug-likeness (QED) is 0.548. The van der Waals surface area contributed by atoms with Crippen LogP contribution in [0.1, 0.15) is 52.4 Å². The molecule has 2 amide bonds. The Morgan fingerprint density at radius 2 is 1.79 bits per heavy atom. The third kappa shape index (κ3) is 6.87. The standard InChI is InChI=1S/C20H37N5O3/c1-5-28-20(27)25-12-10-16(11-13-25)22-19(21-14-18(26)24(3)4)23-17-9-7-6-8-15(17)2/h15-17H,5-14H2,1-4H3,(H2,21,22,23). The number of nitrogens with zero attached hydrogens (tertiary/aromatic N) is 3. The molecule has 160 valence electrons. The highest BCUT2D eigenvalue weighted by Gasteiger charge is 2.26. The van der Waals surface area contributed by atoms with Crippen LogP contribution in [0.25, 0.3) is 0 Å². The zero-order chi connectivity index (χ0) is 20.5. The van der Waals surface area contributed by atoms with E-state index in [4.69, 9.17) is 4.74 Å². The van der Waals surface area contributed by atoms with Gasteiger partial charge in [-0.15, -0.1) is 0 Å². The summed E-state index contributed by atoms with van der Waals surface area (Å²) in [7, 11) is 3.49. The molecule has 0 aromatic heterocycles. The minimum absolute atomic E-state index is 0.0186. The maximum Gasteiger partial charge on any atom is 0.409 e. The number of ether oxygens (including phenoxy) is 1. The number of guanidine groups is 1. The predicted molar refractivity (Wildman–Crippen MR) is 110 cm³/mol. The summed E-state index contributed by atoms with van der Waals surface area (Å²) in [5.74, 6) is 1.29. The van der Waals surface area contributed by atoms with E-state index >= 15 is 0 Å². The van der Waals surface area contributed by atoms with E-state index in [-0.39, 0.29) is 24.6 Å². The van der Waals surface area contributed by atoms with Crippen molar-refractivity contribution in [3.63, 3.8) is 0 Å². The van der Waals surface area contributed by atoms with E-state index in [0.29, 0.717) is 37.6 Å². The van der Waals surface area contributed by atoms with E-state index in [1.54, 1.807) is 23.9 Å². The van der Waals surface area contributed by atoms with Gasteiger partial charge in [-0.2, -0.15) is 0 Å². The summed E-state index contributed by atoms with van der Waals surface area (Å²) in [6.07, 6.45) is 6.29. The Kier molecular flexibility index (Phi) is 8.86. The lowest BCUT2D eigenvalue weighted by atomic mass is 9.86. The SMILES string of the molecule is CCOC(=O)N1CCC(NC(=NCC(=O)N(C)C)NC2CCCCC2C)CC1. The first-order valence-corrected chi connectivity index (χ1v) is 10.6. The second-order valence-corrected chi connectivity index (χ2v) is 8.07. The van der Waals surface area contributed by atoms with E-state index in [2.05, 4.69) is 22.5 Å². The lowest BCUT2D eigenvalue weighted by Crippen LogP contribution is -2.53. The third-order valence-electron chi connectivity index (χ3n) is 5.67. The second kappa shape index (κ2) is 11.1. The van der Waals surface area contributed by atoms with Crippen molar-refractivity contribution >= 4 is 18.0 Å². The number of hydrogen-bond acceptors (Lipinski definition) is 4. The first-order chi connectivity index (χ1) is 13.4. The molecule has 0 aromatic rings. The third-order valence-corrected chi connectivity index (χ3v) is 5.67. The molecule has 0 radical (unpaired) electrons. The first-order valence-electron chi connectivity index (χ1n) is 10.6. The lowest BCUT2D eigenvalue weighted by molar-refractivity contribution is -0.127. The lowest BCUT2D eigenvalue weighted by Gasteiger charge is -2.35. The maximum atomic E-state index is 12.0. The Morgan fingerprint density at radius 3 is 2.39 bits per heavy atom. The van der Waals surface area contributed by atoms with Gasteiger partial charge in [-0.3, -0.25) is 4.79 Å². The summed E-state index contributed by atoms with van der Waals surface area (Å²) in [6.45, 7) is 5.96. The normalized spacial score (nSPS) is 23.9. The molecule has 28 heavy (non-hydrogen) atoms. The van der Waals surface area contributed by atoms with E-state index < -0.39 is 0 Å². The van der Waals surface area contributed by atoms with Crippen LogP contribution in [-0.4, -0.2) is 80.2 Å². The van der Waals surface area contributed by atoms with Crippen LogP contribution in [0.2, 0.25) is 0 Å². The van der Waals surface area contributed by atoms with Gasteiger partial charge in [0.25, 0.3) is 0 Å². The summed E-state index contributed by atoms with van der Waals surface area (Å²) in [4.78, 5) is 31.7. The second-order valence-electron chi connectivity index (χ2n) is 8.07. The van der Waals surface area contributed by atoms with Crippen molar-refractivity contribution in [3.05, 3.63) is 0 Å². The molecule has 1 saturated carbocycles. The van der Waals surface area contributed by atoms with Crippen LogP contribution in [0.3, 0.4) is 0 Å². The number of likely N-dealkylation sites (tertiary alicyclic amines) is 1. The summed E-state index contributed by atoms with van der Waals surface area (Å²) in [5, 5.41) is 7.06. The Balaban J connectivity index is 1.94. The molecule has 2 aliphatic rings. The molecule has 1 saturated heterocycles. The molecule has 8 nitrogen and oxygen atoms in total. The fraction of sp³-hybridized carbons (Fsp3) is 0.850. The van der Waals surface area contributed by atoms with Gasteiger partial charge in [0.15, 0.2) is 5.96 Å². The first kappa shape index (κ1) is 22.3. The van der Waals surface area contributed by atoms with Crippen molar-refractivity contribution in [1.29, 1.82) is 0 Å². The fourth-order valence-corrected chi connectivity index (χ4v) is 3.74. The molecule has 2 unspecified atom stereocenters. The van der Waals surface area contributed by atoms with Crippen LogP contribution >= 0.6 is 0 Å². The highest BCUT2D eigenvalue weighted by Crippen LogP contribution is 2.23. The monoisotopic (exact) mass is 395 g/mol. The Morgan fingerprint density at radius 1 is 1.11 bits per heavy atom. The van der Waals surface area contributed by atoms with Crippen LogP contribution in [0.15, 0.2) is 4.99 Å². The molecule has 1 aliphatic carbocycles. The van der Waals surface area contributed by atoms with Crippen molar-refractivity contribution in [2.75, 3.05) is 40.3 Å². The number of carbonyl (C=O) groups is 2. The highest BCUT2D eigenvalue weighted by atomic mass is 16.6. The van der Waals surface area contributed by atoms with Crippen molar-refractivity contribution in [1.82, 2.24) is 20.4 Å². The zero-order valence-corrected chi connectivity index (χ0v) is 17.9. The van der Waals surface area contributed by atoms with Gasteiger partial charge in [-0.25, -0.2) is 9.79 Å². The Hall–Kier alpha value is -1.99. The van der Waals surface area contributed by atoms with E-state index in [9.17, 15) is 9.59 Å². The molecular weight excluding hydrogens is 358 g/mol. The molecule has 8 heteroatoms. The highest BCUT2D eigenvalue weighted by molar-refractivity contribution is 5.85. The number of piperidine rings is 1. The predicted octanol–water partition coefficient (Wildman–Crippen LogP) is 1.81. The molecule has 2 N–H and O–H groups in total. The van der Waals surface area contributed by atoms with Crippen LogP contribution in [0.5, 0.6) is 0 Å². The minimum atomic E-state index is -0.236. The molecule has 0 bridgehead atoms. The number of carbonyl (C=O) groups excluding carboxylic acids is 2. The average molecular weight is 396 g/mol. The number of amides is 2. The topological polar surface area (TPSA) is 86.3 Å². The fourth-order valence-electron chi connectivity index (χ4n) is 3.74. The van der Waals surface area contributed by atoms with Crippen LogP contribution in [0, 0.1) is 5.92 Å². The molecule has 2 atom stereocenters. The largest absolute Gasteiger partial charge is 0.450 e. The smallest absolute Gasteiger partial charge is 0.409 e. The van der Waals surface area contributed by atoms with Crippen molar-refractivity contribution in [3.8, 4) is 0 Å². The van der Waals surface area contributed by atoms with Gasteiger partial charge in [0.1, 0.15) is 6.54 Å². The summed E-state index contributed by atoms with van der Waals surface area (Å²) < 4.78 is 5.09. The summed E-state index contributed by atoms with van der Waals surface area (Å²) in [5.41, 5.74) is 0. The molecule has 2 fully saturated rings. The van der Waals surface area contributed by atoms with E-state index in [1.165, 1.54) is 19.3 Å². The number of hydrogen-bond donors (Lipinski definition) is 2. The van der Waals surface area contributed by atoms with Crippen molar-refractivity contribution < 1.29 is 14.3 Å². The number of likely N-dealkylation sites (N-methyl/N-ethyl adjacent to an activating group) is 1. The zero-order valence-electron chi connectivity index (χ0n) is 17.9. The maximum absolute atomic E-state index is 12.0. The van der Waals surface area contributed by atoms with Crippen molar-refractivity contribution in [2.24, 2.45) is 10.9 Å². The Labute approximate surface area is 169 Å². The van der Waals surface area contributed by atoms with Gasteiger partial charge in [0, 0.05) is 39.3 Å². The number of rotatable bonds is 5. The van der Waals surface area contributed by atoms with Crippen LogP contribution in [0.4, 0.5) is 4.79 Å². The van der Waals surface area contributed by atoms with Gasteiger partial charge >= 0.3 is 6.09 Å². The molecular formula is C20H37N5O3. The van der Waals surface area contributed by atoms with E-state index in [0.717, 1.165) is 19.3 Å². The van der Waals surface area contributed by atoms with Crippen LogP contribution < -0.4 is 10.6 Å². The minimum Gasteiger partial charge on any atom is -0.450 e. The van der Waals surface area contributed by atoms with Crippen molar-refractivity contribution in [2.45, 2.75) is 64.5 Å². The van der Waals surface area contributed by atoms with E-state index in [1.807, 2.05) is 6.92 Å². The van der Waals surface area contributed by atoms with Gasteiger partial charge in [-0.05, 0) is 38.5 Å². The number of aliphatic imine (C=N–C) groups is 1. The molecule has 1 heterocycles. The van der Waals surface area contributed by atoms with Gasteiger partial charge in [0.2, 0.25) is 5.91 Å². The molecule has 0 aromatic carbocycles. The van der Waals surface area contributed by atoms with Crippen LogP contribution in [-0.2, 0) is 9.53 Å². The molecule has 0 spiro atoms. The Bertz CT molecular complexity index is 544. The average Bonchev–Trinajstić information content (AvgIpc) is 2.68. The van der Waals surface area contributed by atoms with Gasteiger partial charge < -0.3 is 25.2 Å². The molecule has 1 aliphatic heterocycles. The summed E-state index contributed by atoms with van der Waals surface area (Å²) in [6, 6.07) is 0.611. The molecule has 2 rings (SSSR count). The summed E-state index contributed by atoms with van der Waals surface area (Å²) >= 11 is 0. The van der Waals surface area contributed by atoms with Gasteiger partial charge in [0.05, 0.1) is 6.61 Å².